The summed E-state index contributed by atoms with van der Waals surface area (Å²) in [5, 5.41) is 5.98. The van der Waals surface area contributed by atoms with Crippen molar-refractivity contribution in [1.29, 1.82) is 0 Å². The predicted octanol–water partition coefficient (Wildman–Crippen LogP) is 1.74. The number of aromatic nitrogens is 2. The predicted molar refractivity (Wildman–Crippen MR) is 50.8 cm³/mol. The van der Waals surface area contributed by atoms with Crippen molar-refractivity contribution in [2.75, 3.05) is 0 Å². The highest BCUT2D eigenvalue weighted by atomic mass is 32.2. The monoisotopic (exact) mass is 183 g/mol. The van der Waals surface area contributed by atoms with E-state index < -0.39 is 0 Å². The van der Waals surface area contributed by atoms with Crippen LogP contribution in [0.25, 0.3) is 0 Å². The van der Waals surface area contributed by atoms with Crippen LogP contribution in [-0.4, -0.2) is 9.97 Å². The molecule has 1 aromatic rings. The van der Waals surface area contributed by atoms with Crippen LogP contribution in [0.3, 0.4) is 0 Å². The van der Waals surface area contributed by atoms with E-state index in [0.717, 1.165) is 17.6 Å². The molecule has 0 aliphatic heterocycles. The zero-order valence-electron chi connectivity index (χ0n) is 7.53. The van der Waals surface area contributed by atoms with E-state index >= 15 is 0 Å². The Bertz CT molecular complexity index is 267. The van der Waals surface area contributed by atoms with Crippen molar-refractivity contribution in [3.8, 4) is 0 Å². The van der Waals surface area contributed by atoms with Crippen molar-refractivity contribution >= 4 is 11.9 Å². The Morgan fingerprint density at radius 3 is 2.58 bits per heavy atom. The van der Waals surface area contributed by atoms with E-state index in [9.17, 15) is 0 Å². The van der Waals surface area contributed by atoms with Gasteiger partial charge in [0.2, 0.25) is 5.16 Å². The van der Waals surface area contributed by atoms with Crippen molar-refractivity contribution in [2.45, 2.75) is 31.3 Å². The molecule has 0 fully saturated rings. The molecular weight excluding hydrogens is 170 g/mol. The Labute approximate surface area is 76.9 Å². The fraction of sp³-hybridized carbons (Fsp3) is 0.500. The van der Waals surface area contributed by atoms with Crippen molar-refractivity contribution in [3.63, 3.8) is 0 Å². The number of nitrogens with zero attached hydrogens (tertiary/aromatic N) is 2. The van der Waals surface area contributed by atoms with Gasteiger partial charge in [0.25, 0.3) is 0 Å². The van der Waals surface area contributed by atoms with Crippen LogP contribution in [0.2, 0.25) is 0 Å². The summed E-state index contributed by atoms with van der Waals surface area (Å²) in [5.41, 5.74) is 1.08. The first-order valence-electron chi connectivity index (χ1n) is 3.74. The smallest absolute Gasteiger partial charge is 0.202 e. The lowest BCUT2D eigenvalue weighted by Crippen LogP contribution is -2.14. The standard InChI is InChI=1S/C8H13N3S/c1-8(2,3)6-4-5-10-7(11-6)12-9/h4-5H,9H2,1-3H3. The third-order valence-electron chi connectivity index (χ3n) is 1.51. The number of hydrogen-bond donors (Lipinski definition) is 1. The summed E-state index contributed by atoms with van der Waals surface area (Å²) in [6.45, 7) is 6.33. The summed E-state index contributed by atoms with van der Waals surface area (Å²) in [4.78, 5) is 8.29. The summed E-state index contributed by atoms with van der Waals surface area (Å²) in [5.74, 6) is 0. The summed E-state index contributed by atoms with van der Waals surface area (Å²) in [6, 6.07) is 1.92. The van der Waals surface area contributed by atoms with Crippen molar-refractivity contribution in [1.82, 2.24) is 9.97 Å². The molecule has 0 spiro atoms. The van der Waals surface area contributed by atoms with Crippen LogP contribution >= 0.6 is 11.9 Å². The maximum Gasteiger partial charge on any atom is 0.202 e. The van der Waals surface area contributed by atoms with Crippen molar-refractivity contribution in [3.05, 3.63) is 18.0 Å². The van der Waals surface area contributed by atoms with Gasteiger partial charge in [-0.1, -0.05) is 20.8 Å². The molecule has 0 atom stereocenters. The second-order valence-corrected chi connectivity index (χ2v) is 4.19. The summed E-state index contributed by atoms with van der Waals surface area (Å²) in [6.07, 6.45) is 1.74. The lowest BCUT2D eigenvalue weighted by molar-refractivity contribution is 0.558. The molecule has 0 bridgehead atoms. The highest BCUT2D eigenvalue weighted by molar-refractivity contribution is 7.96. The van der Waals surface area contributed by atoms with Crippen LogP contribution in [0.15, 0.2) is 17.4 Å². The second-order valence-electron chi connectivity index (χ2n) is 3.59. The molecule has 0 aliphatic rings. The molecule has 0 saturated heterocycles. The third-order valence-corrected chi connectivity index (χ3v) is 1.91. The number of hydrogen-bond acceptors (Lipinski definition) is 4. The molecule has 1 rings (SSSR count). The Balaban J connectivity index is 3.02. The molecule has 1 aromatic heterocycles. The van der Waals surface area contributed by atoms with E-state index in [-0.39, 0.29) is 5.41 Å². The van der Waals surface area contributed by atoms with Gasteiger partial charge in [-0.05, 0) is 18.0 Å². The summed E-state index contributed by atoms with van der Waals surface area (Å²) in [7, 11) is 0. The fourth-order valence-corrected chi connectivity index (χ4v) is 1.09. The molecule has 0 unspecified atom stereocenters. The SMILES string of the molecule is CC(C)(C)c1ccnc(SN)n1. The van der Waals surface area contributed by atoms with Gasteiger partial charge >= 0.3 is 0 Å². The van der Waals surface area contributed by atoms with Gasteiger partial charge < -0.3 is 0 Å². The van der Waals surface area contributed by atoms with Crippen LogP contribution in [-0.2, 0) is 5.41 Å². The van der Waals surface area contributed by atoms with Gasteiger partial charge in [0.1, 0.15) is 0 Å². The van der Waals surface area contributed by atoms with E-state index in [0.29, 0.717) is 5.16 Å². The summed E-state index contributed by atoms with van der Waals surface area (Å²) >= 11 is 1.08. The Morgan fingerprint density at radius 1 is 1.42 bits per heavy atom. The average Bonchev–Trinajstić information content (AvgIpc) is 2.03. The molecule has 0 radical (unpaired) electrons. The van der Waals surface area contributed by atoms with Crippen molar-refractivity contribution < 1.29 is 0 Å². The van der Waals surface area contributed by atoms with E-state index in [4.69, 9.17) is 5.14 Å². The summed E-state index contributed by atoms with van der Waals surface area (Å²) < 4.78 is 0. The van der Waals surface area contributed by atoms with Crippen LogP contribution in [0.4, 0.5) is 0 Å². The van der Waals surface area contributed by atoms with Crippen LogP contribution in [0, 0.1) is 0 Å². The zero-order chi connectivity index (χ0) is 9.19. The molecule has 12 heavy (non-hydrogen) atoms. The van der Waals surface area contributed by atoms with Gasteiger partial charge in [-0.3, -0.25) is 5.14 Å². The maximum atomic E-state index is 5.35. The Morgan fingerprint density at radius 2 is 2.08 bits per heavy atom. The second kappa shape index (κ2) is 3.41. The molecule has 3 nitrogen and oxygen atoms in total. The van der Waals surface area contributed by atoms with Crippen LogP contribution in [0.1, 0.15) is 26.5 Å². The maximum absolute atomic E-state index is 5.35. The molecule has 4 heteroatoms. The van der Waals surface area contributed by atoms with E-state index in [1.807, 2.05) is 6.07 Å². The van der Waals surface area contributed by atoms with Gasteiger partial charge in [0.05, 0.1) is 5.69 Å². The highest BCUT2D eigenvalue weighted by Gasteiger charge is 2.15. The molecule has 0 amide bonds. The number of nitrogens with two attached hydrogens (primary N) is 1. The average molecular weight is 183 g/mol. The zero-order valence-corrected chi connectivity index (χ0v) is 8.35. The lowest BCUT2D eigenvalue weighted by Gasteiger charge is -2.17. The molecule has 2 N–H and O–H groups in total. The lowest BCUT2D eigenvalue weighted by atomic mass is 9.92. The first-order chi connectivity index (χ1) is 5.54. The van der Waals surface area contributed by atoms with Crippen molar-refractivity contribution in [2.24, 2.45) is 5.14 Å². The molecule has 66 valence electrons. The van der Waals surface area contributed by atoms with Crippen LogP contribution in [0.5, 0.6) is 0 Å². The Hall–Kier alpha value is -0.610. The van der Waals surface area contributed by atoms with Gasteiger partial charge in [-0.15, -0.1) is 0 Å². The first-order valence-corrected chi connectivity index (χ1v) is 4.62. The van der Waals surface area contributed by atoms with Gasteiger partial charge in [0, 0.05) is 11.6 Å². The normalized spacial score (nSPS) is 11.7. The number of rotatable bonds is 1. The van der Waals surface area contributed by atoms with E-state index in [2.05, 4.69) is 30.7 Å². The van der Waals surface area contributed by atoms with Gasteiger partial charge in [-0.25, -0.2) is 9.97 Å². The molecule has 0 aromatic carbocycles. The quantitative estimate of drug-likeness (QED) is 0.532. The molecule has 1 heterocycles. The van der Waals surface area contributed by atoms with Gasteiger partial charge in [-0.2, -0.15) is 0 Å². The fourth-order valence-electron chi connectivity index (χ4n) is 0.815. The minimum atomic E-state index is 0.0629. The molecule has 0 aliphatic carbocycles. The topological polar surface area (TPSA) is 51.8 Å². The Kier molecular flexibility index (Phi) is 2.69. The van der Waals surface area contributed by atoms with E-state index in [1.165, 1.54) is 0 Å². The molecule has 0 saturated carbocycles. The minimum absolute atomic E-state index is 0.0629. The third kappa shape index (κ3) is 2.19. The molecular formula is C8H13N3S. The largest absolute Gasteiger partial charge is 0.271 e. The minimum Gasteiger partial charge on any atom is -0.271 e. The van der Waals surface area contributed by atoms with E-state index in [1.54, 1.807) is 6.20 Å². The van der Waals surface area contributed by atoms with Crippen LogP contribution < -0.4 is 5.14 Å². The highest BCUT2D eigenvalue weighted by Crippen LogP contribution is 2.20. The van der Waals surface area contributed by atoms with Gasteiger partial charge in [0.15, 0.2) is 0 Å². The first kappa shape index (κ1) is 9.48.